The first-order chi connectivity index (χ1) is 9.51. The summed E-state index contributed by atoms with van der Waals surface area (Å²) in [5.74, 6) is 1.27. The van der Waals surface area contributed by atoms with Gasteiger partial charge < -0.3 is 10.5 Å². The zero-order valence-corrected chi connectivity index (χ0v) is 12.5. The summed E-state index contributed by atoms with van der Waals surface area (Å²) in [6.07, 6.45) is 2.61. The zero-order valence-electron chi connectivity index (χ0n) is 11.7. The fraction of sp³-hybridized carbons (Fsp3) is 0.571. The molecule has 112 valence electrons. The standard InChI is InChI=1S/C14H22N2O3S/c1-11-9-12(10-11)16-20(17,18)14-5-3-13(4-6-14)19-8-2-7-15/h3-6,11-12,16H,2,7-10,15H2,1H3. The van der Waals surface area contributed by atoms with E-state index < -0.39 is 10.0 Å². The summed E-state index contributed by atoms with van der Waals surface area (Å²) in [5, 5.41) is 0. The molecule has 1 aliphatic carbocycles. The van der Waals surface area contributed by atoms with Crippen molar-refractivity contribution >= 4 is 10.0 Å². The van der Waals surface area contributed by atoms with Crippen LogP contribution in [0.2, 0.25) is 0 Å². The number of nitrogens with one attached hydrogen (secondary N) is 1. The highest BCUT2D eigenvalue weighted by molar-refractivity contribution is 7.89. The van der Waals surface area contributed by atoms with Crippen LogP contribution < -0.4 is 15.2 Å². The summed E-state index contributed by atoms with van der Waals surface area (Å²) in [6, 6.07) is 6.57. The average Bonchev–Trinajstić information content (AvgIpc) is 2.38. The maximum atomic E-state index is 12.1. The lowest BCUT2D eigenvalue weighted by Gasteiger charge is -2.32. The van der Waals surface area contributed by atoms with Crippen molar-refractivity contribution in [3.8, 4) is 5.75 Å². The monoisotopic (exact) mass is 298 g/mol. The number of hydrogen-bond acceptors (Lipinski definition) is 4. The number of sulfonamides is 1. The molecule has 1 fully saturated rings. The summed E-state index contributed by atoms with van der Waals surface area (Å²) >= 11 is 0. The molecule has 0 unspecified atom stereocenters. The normalized spacial score (nSPS) is 22.3. The van der Waals surface area contributed by atoms with Crippen molar-refractivity contribution in [1.82, 2.24) is 4.72 Å². The number of rotatable bonds is 7. The second kappa shape index (κ2) is 6.56. The first-order valence-electron chi connectivity index (χ1n) is 6.96. The van der Waals surface area contributed by atoms with Crippen molar-refractivity contribution in [1.29, 1.82) is 0 Å². The van der Waals surface area contributed by atoms with E-state index >= 15 is 0 Å². The van der Waals surface area contributed by atoms with Gasteiger partial charge in [0.1, 0.15) is 5.75 Å². The Kier molecular flexibility index (Phi) is 5.01. The van der Waals surface area contributed by atoms with E-state index in [0.29, 0.717) is 24.8 Å². The van der Waals surface area contributed by atoms with Gasteiger partial charge >= 0.3 is 0 Å². The lowest BCUT2D eigenvalue weighted by atomic mass is 9.83. The van der Waals surface area contributed by atoms with Gasteiger partial charge in [-0.05, 0) is 56.0 Å². The number of nitrogens with two attached hydrogens (primary N) is 1. The fourth-order valence-electron chi connectivity index (χ4n) is 2.27. The molecule has 0 amide bonds. The summed E-state index contributed by atoms with van der Waals surface area (Å²) in [6.45, 7) is 3.25. The van der Waals surface area contributed by atoms with Gasteiger partial charge in [0.25, 0.3) is 0 Å². The van der Waals surface area contributed by atoms with Crippen LogP contribution in [0, 0.1) is 5.92 Å². The maximum Gasteiger partial charge on any atom is 0.240 e. The van der Waals surface area contributed by atoms with Crippen LogP contribution in [0.3, 0.4) is 0 Å². The molecule has 0 aromatic heterocycles. The third-order valence-electron chi connectivity index (χ3n) is 3.45. The summed E-state index contributed by atoms with van der Waals surface area (Å²) in [5.41, 5.74) is 5.38. The van der Waals surface area contributed by atoms with E-state index in [-0.39, 0.29) is 10.9 Å². The van der Waals surface area contributed by atoms with Crippen LogP contribution in [0.1, 0.15) is 26.2 Å². The van der Waals surface area contributed by atoms with Crippen molar-refractivity contribution in [2.45, 2.75) is 37.1 Å². The van der Waals surface area contributed by atoms with E-state index in [1.807, 2.05) is 0 Å². The smallest absolute Gasteiger partial charge is 0.240 e. The minimum absolute atomic E-state index is 0.0791. The quantitative estimate of drug-likeness (QED) is 0.747. The molecule has 3 N–H and O–H groups in total. The van der Waals surface area contributed by atoms with Gasteiger partial charge in [-0.15, -0.1) is 0 Å². The molecule has 0 aliphatic heterocycles. The number of ether oxygens (including phenoxy) is 1. The molecule has 1 aliphatic rings. The largest absolute Gasteiger partial charge is 0.494 e. The lowest BCUT2D eigenvalue weighted by molar-refractivity contribution is 0.270. The minimum atomic E-state index is -3.41. The molecule has 0 heterocycles. The van der Waals surface area contributed by atoms with Gasteiger partial charge in [-0.3, -0.25) is 0 Å². The molecule has 0 saturated heterocycles. The molecule has 0 atom stereocenters. The minimum Gasteiger partial charge on any atom is -0.494 e. The third-order valence-corrected chi connectivity index (χ3v) is 4.98. The van der Waals surface area contributed by atoms with E-state index in [2.05, 4.69) is 11.6 Å². The Hall–Kier alpha value is -1.11. The van der Waals surface area contributed by atoms with Crippen LogP contribution in [0.5, 0.6) is 5.75 Å². The van der Waals surface area contributed by atoms with Crippen molar-refractivity contribution in [2.24, 2.45) is 11.7 Å². The molecule has 0 radical (unpaired) electrons. The van der Waals surface area contributed by atoms with E-state index in [4.69, 9.17) is 10.5 Å². The third kappa shape index (κ3) is 3.94. The SMILES string of the molecule is CC1CC(NS(=O)(=O)c2ccc(OCCCN)cc2)C1. The Morgan fingerprint density at radius 1 is 1.30 bits per heavy atom. The highest BCUT2D eigenvalue weighted by atomic mass is 32.2. The van der Waals surface area contributed by atoms with Gasteiger partial charge in [-0.2, -0.15) is 0 Å². The number of hydrogen-bond donors (Lipinski definition) is 2. The van der Waals surface area contributed by atoms with Gasteiger partial charge in [0.05, 0.1) is 11.5 Å². The predicted molar refractivity (Wildman–Crippen MR) is 78.1 cm³/mol. The topological polar surface area (TPSA) is 81.4 Å². The van der Waals surface area contributed by atoms with Crippen molar-refractivity contribution < 1.29 is 13.2 Å². The van der Waals surface area contributed by atoms with Crippen LogP contribution in [-0.4, -0.2) is 27.6 Å². The van der Waals surface area contributed by atoms with Gasteiger partial charge in [0.2, 0.25) is 10.0 Å². The first kappa shape index (κ1) is 15.3. The van der Waals surface area contributed by atoms with Crippen molar-refractivity contribution in [3.05, 3.63) is 24.3 Å². The van der Waals surface area contributed by atoms with Crippen LogP contribution in [0.25, 0.3) is 0 Å². The van der Waals surface area contributed by atoms with E-state index in [0.717, 1.165) is 19.3 Å². The zero-order chi connectivity index (χ0) is 14.6. The molecule has 0 spiro atoms. The van der Waals surface area contributed by atoms with E-state index in [1.165, 1.54) is 0 Å². The maximum absolute atomic E-state index is 12.1. The molecule has 5 nitrogen and oxygen atoms in total. The van der Waals surface area contributed by atoms with Crippen LogP contribution in [-0.2, 0) is 10.0 Å². The fourth-order valence-corrected chi connectivity index (χ4v) is 3.54. The second-order valence-electron chi connectivity index (χ2n) is 5.36. The molecule has 1 aromatic carbocycles. The Morgan fingerprint density at radius 3 is 2.50 bits per heavy atom. The number of benzene rings is 1. The first-order valence-corrected chi connectivity index (χ1v) is 8.45. The molecule has 0 bridgehead atoms. The molecule has 6 heteroatoms. The van der Waals surface area contributed by atoms with Gasteiger partial charge in [-0.1, -0.05) is 6.92 Å². The summed E-state index contributed by atoms with van der Waals surface area (Å²) in [4.78, 5) is 0.281. The summed E-state index contributed by atoms with van der Waals surface area (Å²) < 4.78 is 32.5. The Labute approximate surface area is 120 Å². The second-order valence-corrected chi connectivity index (χ2v) is 7.07. The molecular formula is C14H22N2O3S. The molecule has 20 heavy (non-hydrogen) atoms. The molecular weight excluding hydrogens is 276 g/mol. The van der Waals surface area contributed by atoms with Crippen LogP contribution in [0.15, 0.2) is 29.2 Å². The lowest BCUT2D eigenvalue weighted by Crippen LogP contribution is -2.43. The molecule has 1 aromatic rings. The Morgan fingerprint density at radius 2 is 1.95 bits per heavy atom. The van der Waals surface area contributed by atoms with Gasteiger partial charge in [-0.25, -0.2) is 13.1 Å². The van der Waals surface area contributed by atoms with Gasteiger partial charge in [0.15, 0.2) is 0 Å². The molecule has 2 rings (SSSR count). The Balaban J connectivity index is 1.94. The molecule has 1 saturated carbocycles. The van der Waals surface area contributed by atoms with Crippen LogP contribution >= 0.6 is 0 Å². The van der Waals surface area contributed by atoms with Gasteiger partial charge in [0, 0.05) is 6.04 Å². The van der Waals surface area contributed by atoms with E-state index in [9.17, 15) is 8.42 Å². The Bertz CT molecular complexity index is 522. The van der Waals surface area contributed by atoms with Crippen molar-refractivity contribution in [2.75, 3.05) is 13.2 Å². The van der Waals surface area contributed by atoms with Crippen molar-refractivity contribution in [3.63, 3.8) is 0 Å². The highest BCUT2D eigenvalue weighted by Gasteiger charge is 2.29. The highest BCUT2D eigenvalue weighted by Crippen LogP contribution is 2.28. The van der Waals surface area contributed by atoms with Crippen LogP contribution in [0.4, 0.5) is 0 Å². The predicted octanol–water partition coefficient (Wildman–Crippen LogP) is 1.49. The average molecular weight is 298 g/mol. The van der Waals surface area contributed by atoms with E-state index in [1.54, 1.807) is 24.3 Å². The summed E-state index contributed by atoms with van der Waals surface area (Å²) in [7, 11) is -3.41.